The van der Waals surface area contributed by atoms with Gasteiger partial charge in [-0.25, -0.2) is 9.36 Å². The van der Waals surface area contributed by atoms with Crippen molar-refractivity contribution in [1.29, 1.82) is 0 Å². The number of benzene rings is 1. The van der Waals surface area contributed by atoms with Crippen molar-refractivity contribution in [2.24, 2.45) is 0 Å². The van der Waals surface area contributed by atoms with Gasteiger partial charge < -0.3 is 10.0 Å². The van der Waals surface area contributed by atoms with Crippen molar-refractivity contribution in [3.8, 4) is 0 Å². The lowest BCUT2D eigenvalue weighted by atomic mass is 10.2. The summed E-state index contributed by atoms with van der Waals surface area (Å²) in [5, 5.41) is 9.91. The van der Waals surface area contributed by atoms with Gasteiger partial charge in [0.05, 0.1) is 5.52 Å². The van der Waals surface area contributed by atoms with Gasteiger partial charge in [-0.2, -0.15) is 0 Å². The first-order valence-corrected chi connectivity index (χ1v) is 5.08. The lowest BCUT2D eigenvalue weighted by Crippen LogP contribution is -2.26. The second kappa shape index (κ2) is 3.93. The van der Waals surface area contributed by atoms with Crippen LogP contribution in [-0.2, 0) is 0 Å². The lowest BCUT2D eigenvalue weighted by molar-refractivity contribution is 0.0816. The largest absolute Gasteiger partial charge is 0.464 e. The molecule has 0 saturated heterocycles. The Labute approximate surface area is 97.9 Å². The topological polar surface area (TPSA) is 62.5 Å². The summed E-state index contributed by atoms with van der Waals surface area (Å²) in [4.78, 5) is 24.5. The van der Waals surface area contributed by atoms with E-state index in [2.05, 4.69) is 0 Å². The highest BCUT2D eigenvalue weighted by Crippen LogP contribution is 2.20. The van der Waals surface area contributed by atoms with Crippen molar-refractivity contribution >= 4 is 22.9 Å². The minimum Gasteiger partial charge on any atom is -0.464 e. The number of carbonyl (C=O) groups is 2. The van der Waals surface area contributed by atoms with E-state index in [1.807, 2.05) is 0 Å². The van der Waals surface area contributed by atoms with Crippen LogP contribution in [-0.4, -0.2) is 40.7 Å². The molecule has 2 rings (SSSR count). The molecule has 0 saturated carbocycles. The SMILES string of the molecule is CN(C)C(=O)c1cc2ccccc2n1C(=O)O. The summed E-state index contributed by atoms with van der Waals surface area (Å²) in [6, 6.07) is 8.59. The number of nitrogens with zero attached hydrogens (tertiary/aromatic N) is 2. The number of hydrogen-bond donors (Lipinski definition) is 1. The van der Waals surface area contributed by atoms with Crippen LogP contribution < -0.4 is 0 Å². The van der Waals surface area contributed by atoms with Gasteiger partial charge in [-0.05, 0) is 12.1 Å². The van der Waals surface area contributed by atoms with Gasteiger partial charge in [0.15, 0.2) is 0 Å². The maximum absolute atomic E-state index is 11.9. The lowest BCUT2D eigenvalue weighted by Gasteiger charge is -2.10. The first kappa shape index (κ1) is 11.2. The molecule has 0 bridgehead atoms. The number of rotatable bonds is 1. The average molecular weight is 232 g/mol. The number of aromatic nitrogens is 1. The van der Waals surface area contributed by atoms with Crippen molar-refractivity contribution < 1.29 is 14.7 Å². The number of fused-ring (bicyclic) bond motifs is 1. The van der Waals surface area contributed by atoms with Crippen LogP contribution in [0.1, 0.15) is 10.5 Å². The highest BCUT2D eigenvalue weighted by atomic mass is 16.4. The van der Waals surface area contributed by atoms with Crippen molar-refractivity contribution in [2.75, 3.05) is 14.1 Å². The Balaban J connectivity index is 2.74. The van der Waals surface area contributed by atoms with E-state index in [4.69, 9.17) is 0 Å². The summed E-state index contributed by atoms with van der Waals surface area (Å²) in [5.41, 5.74) is 0.675. The average Bonchev–Trinajstić information content (AvgIpc) is 2.66. The van der Waals surface area contributed by atoms with E-state index in [-0.39, 0.29) is 11.6 Å². The summed E-state index contributed by atoms with van der Waals surface area (Å²) in [7, 11) is 3.18. The van der Waals surface area contributed by atoms with Gasteiger partial charge >= 0.3 is 6.09 Å². The molecule has 0 unspecified atom stereocenters. The normalized spacial score (nSPS) is 10.5. The number of carbonyl (C=O) groups excluding carboxylic acids is 1. The van der Waals surface area contributed by atoms with E-state index in [0.717, 1.165) is 9.95 Å². The fourth-order valence-corrected chi connectivity index (χ4v) is 1.75. The zero-order valence-electron chi connectivity index (χ0n) is 9.54. The molecule has 1 aromatic carbocycles. The van der Waals surface area contributed by atoms with E-state index in [0.29, 0.717) is 5.52 Å². The van der Waals surface area contributed by atoms with Gasteiger partial charge in [0, 0.05) is 19.5 Å². The third-order valence-corrected chi connectivity index (χ3v) is 2.53. The van der Waals surface area contributed by atoms with Gasteiger partial charge in [0.2, 0.25) is 0 Å². The summed E-state index contributed by atoms with van der Waals surface area (Å²) in [6.07, 6.45) is -1.16. The van der Waals surface area contributed by atoms with Gasteiger partial charge in [0.1, 0.15) is 5.69 Å². The Hall–Kier alpha value is -2.30. The summed E-state index contributed by atoms with van der Waals surface area (Å²) >= 11 is 0. The summed E-state index contributed by atoms with van der Waals surface area (Å²) < 4.78 is 1.01. The summed E-state index contributed by atoms with van der Waals surface area (Å²) in [5.74, 6) is -0.330. The molecule has 17 heavy (non-hydrogen) atoms. The van der Waals surface area contributed by atoms with Crippen LogP contribution in [0.4, 0.5) is 4.79 Å². The molecule has 1 N–H and O–H groups in total. The molecule has 1 heterocycles. The molecule has 0 spiro atoms. The zero-order valence-corrected chi connectivity index (χ0v) is 9.54. The number of para-hydroxylation sites is 1. The van der Waals surface area contributed by atoms with Gasteiger partial charge in [-0.3, -0.25) is 4.79 Å². The molecule has 5 heteroatoms. The van der Waals surface area contributed by atoms with Crippen molar-refractivity contribution in [1.82, 2.24) is 9.47 Å². The summed E-state index contributed by atoms with van der Waals surface area (Å²) in [6.45, 7) is 0. The smallest absolute Gasteiger partial charge is 0.416 e. The third kappa shape index (κ3) is 1.75. The van der Waals surface area contributed by atoms with E-state index in [9.17, 15) is 14.7 Å². The van der Waals surface area contributed by atoms with E-state index < -0.39 is 6.09 Å². The van der Waals surface area contributed by atoms with Crippen LogP contribution >= 0.6 is 0 Å². The van der Waals surface area contributed by atoms with Gasteiger partial charge in [0.25, 0.3) is 5.91 Å². The maximum Gasteiger partial charge on any atom is 0.416 e. The predicted molar refractivity (Wildman–Crippen MR) is 63.4 cm³/mol. The molecule has 0 aliphatic heterocycles. The number of hydrogen-bond acceptors (Lipinski definition) is 2. The molecule has 0 fully saturated rings. The van der Waals surface area contributed by atoms with E-state index in [1.54, 1.807) is 44.4 Å². The van der Waals surface area contributed by atoms with Crippen LogP contribution in [0.3, 0.4) is 0 Å². The fourth-order valence-electron chi connectivity index (χ4n) is 1.75. The zero-order chi connectivity index (χ0) is 12.6. The molecular weight excluding hydrogens is 220 g/mol. The third-order valence-electron chi connectivity index (χ3n) is 2.53. The van der Waals surface area contributed by atoms with Crippen LogP contribution in [0.15, 0.2) is 30.3 Å². The molecule has 0 aliphatic rings. The van der Waals surface area contributed by atoms with Gasteiger partial charge in [-0.1, -0.05) is 18.2 Å². The Morgan fingerprint density at radius 1 is 1.24 bits per heavy atom. The van der Waals surface area contributed by atoms with E-state index >= 15 is 0 Å². The molecule has 1 aromatic heterocycles. The van der Waals surface area contributed by atoms with Crippen LogP contribution in [0.5, 0.6) is 0 Å². The molecule has 5 nitrogen and oxygen atoms in total. The fraction of sp³-hybridized carbons (Fsp3) is 0.167. The molecule has 0 aliphatic carbocycles. The number of amides is 1. The Morgan fingerprint density at radius 3 is 2.47 bits per heavy atom. The second-order valence-electron chi connectivity index (χ2n) is 3.91. The number of carboxylic acid groups (broad SMARTS) is 1. The minimum atomic E-state index is -1.16. The second-order valence-corrected chi connectivity index (χ2v) is 3.91. The van der Waals surface area contributed by atoms with Crippen molar-refractivity contribution in [3.05, 3.63) is 36.0 Å². The van der Waals surface area contributed by atoms with Crippen molar-refractivity contribution in [3.63, 3.8) is 0 Å². The van der Waals surface area contributed by atoms with Crippen LogP contribution in [0.25, 0.3) is 10.9 Å². The standard InChI is InChI=1S/C12H12N2O3/c1-13(2)11(15)10-7-8-5-3-4-6-9(8)14(10)12(16)17/h3-7H,1-2H3,(H,16,17). The molecule has 0 radical (unpaired) electrons. The maximum atomic E-state index is 11.9. The first-order valence-electron chi connectivity index (χ1n) is 5.08. The molecule has 2 aromatic rings. The Kier molecular flexibility index (Phi) is 2.59. The predicted octanol–water partition coefficient (Wildman–Crippen LogP) is 1.87. The van der Waals surface area contributed by atoms with Gasteiger partial charge in [-0.15, -0.1) is 0 Å². The van der Waals surface area contributed by atoms with Crippen LogP contribution in [0, 0.1) is 0 Å². The molecule has 88 valence electrons. The Morgan fingerprint density at radius 2 is 1.88 bits per heavy atom. The molecular formula is C12H12N2O3. The highest BCUT2D eigenvalue weighted by Gasteiger charge is 2.20. The Bertz CT molecular complexity index is 599. The molecule has 1 amide bonds. The molecule has 0 atom stereocenters. The first-order chi connectivity index (χ1) is 8.02. The minimum absolute atomic E-state index is 0.156. The highest BCUT2D eigenvalue weighted by molar-refractivity contribution is 6.03. The van der Waals surface area contributed by atoms with E-state index in [1.165, 1.54) is 4.90 Å². The quantitative estimate of drug-likeness (QED) is 0.816. The van der Waals surface area contributed by atoms with Crippen molar-refractivity contribution in [2.45, 2.75) is 0 Å². The van der Waals surface area contributed by atoms with Crippen LogP contribution in [0.2, 0.25) is 0 Å². The monoisotopic (exact) mass is 232 g/mol.